The van der Waals surface area contributed by atoms with Crippen molar-refractivity contribution in [2.45, 2.75) is 25.4 Å². The van der Waals surface area contributed by atoms with E-state index in [-0.39, 0.29) is 19.0 Å². The molecule has 32 heavy (non-hydrogen) atoms. The summed E-state index contributed by atoms with van der Waals surface area (Å²) < 4.78 is 7.56. The average Bonchev–Trinajstić information content (AvgIpc) is 3.17. The number of carbonyl (C=O) groups is 1. The lowest BCUT2D eigenvalue weighted by molar-refractivity contribution is 0.0927. The van der Waals surface area contributed by atoms with Crippen molar-refractivity contribution in [3.8, 4) is 5.75 Å². The Bertz CT molecular complexity index is 1100. The molecule has 1 aromatic heterocycles. The van der Waals surface area contributed by atoms with Gasteiger partial charge in [0.1, 0.15) is 29.2 Å². The van der Waals surface area contributed by atoms with E-state index >= 15 is 0 Å². The number of anilines is 1. The molecule has 3 aromatic rings. The van der Waals surface area contributed by atoms with E-state index in [1.165, 1.54) is 0 Å². The number of aryl methyl sites for hydroxylation is 1. The van der Waals surface area contributed by atoms with Gasteiger partial charge in [-0.25, -0.2) is 9.67 Å². The van der Waals surface area contributed by atoms with Crippen LogP contribution in [0.25, 0.3) is 0 Å². The van der Waals surface area contributed by atoms with Gasteiger partial charge in [0.05, 0.1) is 5.69 Å². The second-order valence-corrected chi connectivity index (χ2v) is 7.93. The van der Waals surface area contributed by atoms with Crippen LogP contribution >= 0.6 is 12.2 Å². The van der Waals surface area contributed by atoms with E-state index in [4.69, 9.17) is 17.0 Å². The van der Waals surface area contributed by atoms with Crippen molar-refractivity contribution in [1.29, 1.82) is 0 Å². The van der Waals surface area contributed by atoms with Crippen LogP contribution < -0.4 is 15.0 Å². The fraction of sp³-hybridized carbons (Fsp3) is 0.304. The van der Waals surface area contributed by atoms with Gasteiger partial charge < -0.3 is 20.1 Å². The van der Waals surface area contributed by atoms with Crippen molar-refractivity contribution in [1.82, 2.24) is 20.1 Å². The number of likely N-dealkylation sites (N-methyl/N-ethyl adjacent to an activating group) is 1. The topological polar surface area (TPSA) is 92.5 Å². The number of ether oxygens (including phenoxy) is 1. The Balaban J connectivity index is 1.52. The Morgan fingerprint density at radius 1 is 1.22 bits per heavy atom. The maximum atomic E-state index is 13.0. The first-order valence-corrected chi connectivity index (χ1v) is 10.9. The van der Waals surface area contributed by atoms with Crippen LogP contribution in [0.2, 0.25) is 0 Å². The molecule has 4 rings (SSSR count). The van der Waals surface area contributed by atoms with Crippen LogP contribution in [0.3, 0.4) is 0 Å². The minimum atomic E-state index is -0.503. The molecule has 0 bridgehead atoms. The van der Waals surface area contributed by atoms with Crippen LogP contribution in [0.15, 0.2) is 54.6 Å². The second kappa shape index (κ2) is 9.88. The zero-order valence-corrected chi connectivity index (χ0v) is 18.6. The summed E-state index contributed by atoms with van der Waals surface area (Å²) in [7, 11) is 1.86. The number of hydrogen-bond donors (Lipinski definition) is 2. The summed E-state index contributed by atoms with van der Waals surface area (Å²) in [6, 6.07) is 17.0. The van der Waals surface area contributed by atoms with Crippen molar-refractivity contribution < 1.29 is 14.6 Å². The molecule has 0 fully saturated rings. The number of thiocarbonyl (C=S) groups is 1. The molecule has 0 aliphatic carbocycles. The van der Waals surface area contributed by atoms with Crippen molar-refractivity contribution >= 4 is 28.8 Å². The summed E-state index contributed by atoms with van der Waals surface area (Å²) >= 11 is 5.61. The lowest BCUT2D eigenvalue weighted by atomic mass is 10.1. The third kappa shape index (κ3) is 4.79. The van der Waals surface area contributed by atoms with E-state index in [9.17, 15) is 9.90 Å². The highest BCUT2D eigenvalue weighted by Gasteiger charge is 2.29. The molecular formula is C23H25N5O3S. The largest absolute Gasteiger partial charge is 0.489 e. The predicted molar refractivity (Wildman–Crippen MR) is 125 cm³/mol. The van der Waals surface area contributed by atoms with Crippen LogP contribution in [0.5, 0.6) is 5.75 Å². The van der Waals surface area contributed by atoms with Gasteiger partial charge in [-0.3, -0.25) is 4.79 Å². The lowest BCUT2D eigenvalue weighted by Gasteiger charge is -2.23. The molecule has 0 radical (unpaired) electrons. The van der Waals surface area contributed by atoms with E-state index in [1.54, 1.807) is 4.68 Å². The van der Waals surface area contributed by atoms with E-state index < -0.39 is 11.9 Å². The number of aliphatic hydroxyl groups excluding tert-OH is 1. The molecule has 0 unspecified atom stereocenters. The van der Waals surface area contributed by atoms with Crippen LogP contribution in [-0.2, 0) is 13.0 Å². The molecule has 1 amide bonds. The van der Waals surface area contributed by atoms with Gasteiger partial charge in [-0.2, -0.15) is 0 Å². The number of benzene rings is 2. The van der Waals surface area contributed by atoms with Gasteiger partial charge in [0.2, 0.25) is 5.82 Å². The molecule has 2 N–H and O–H groups in total. The summed E-state index contributed by atoms with van der Waals surface area (Å²) in [6.45, 7) is 0.725. The Labute approximate surface area is 191 Å². The lowest BCUT2D eigenvalue weighted by Crippen LogP contribution is -2.48. The van der Waals surface area contributed by atoms with Crippen molar-refractivity contribution in [3.05, 3.63) is 71.8 Å². The summed E-state index contributed by atoms with van der Waals surface area (Å²) in [5.74, 6) is 1.03. The first-order valence-electron chi connectivity index (χ1n) is 10.5. The zero-order valence-electron chi connectivity index (χ0n) is 17.8. The fourth-order valence-electron chi connectivity index (χ4n) is 3.56. The highest BCUT2D eigenvalue weighted by molar-refractivity contribution is 7.80. The Morgan fingerprint density at radius 3 is 2.75 bits per heavy atom. The maximum Gasteiger partial charge on any atom is 0.291 e. The Kier molecular flexibility index (Phi) is 6.77. The smallest absolute Gasteiger partial charge is 0.291 e. The number of fused-ring (bicyclic) bond motifs is 1. The van der Waals surface area contributed by atoms with Gasteiger partial charge in [-0.05, 0) is 24.1 Å². The van der Waals surface area contributed by atoms with Gasteiger partial charge in [-0.15, -0.1) is 5.10 Å². The van der Waals surface area contributed by atoms with E-state index in [2.05, 4.69) is 15.4 Å². The fourth-order valence-corrected chi connectivity index (χ4v) is 3.78. The maximum absolute atomic E-state index is 13.0. The average molecular weight is 452 g/mol. The number of nitrogens with zero attached hydrogens (tertiary/aromatic N) is 4. The summed E-state index contributed by atoms with van der Waals surface area (Å²) in [6.07, 6.45) is 1.06. The molecule has 2 heterocycles. The van der Waals surface area contributed by atoms with Gasteiger partial charge in [0.15, 0.2) is 0 Å². The molecule has 166 valence electrons. The second-order valence-electron chi connectivity index (χ2n) is 7.52. The SMILES string of the molecule is CN1C(=S)[C@@H](NC(=O)c2nc(Cc3ccccc3)n(CCCO)n2)COc2ccccc21. The summed E-state index contributed by atoms with van der Waals surface area (Å²) in [4.78, 5) is 19.9. The van der Waals surface area contributed by atoms with Gasteiger partial charge >= 0.3 is 0 Å². The highest BCUT2D eigenvalue weighted by atomic mass is 32.1. The number of aromatic nitrogens is 3. The molecule has 1 atom stereocenters. The van der Waals surface area contributed by atoms with E-state index in [0.717, 1.165) is 11.3 Å². The number of aliphatic hydroxyl groups is 1. The molecule has 8 nitrogen and oxygen atoms in total. The zero-order chi connectivity index (χ0) is 22.5. The molecule has 0 saturated carbocycles. The summed E-state index contributed by atoms with van der Waals surface area (Å²) in [5, 5.41) is 16.5. The molecule has 1 aliphatic heterocycles. The van der Waals surface area contributed by atoms with Crippen LogP contribution in [0.4, 0.5) is 5.69 Å². The number of amides is 1. The number of hydrogen-bond acceptors (Lipinski definition) is 6. The van der Waals surface area contributed by atoms with Gasteiger partial charge in [0.25, 0.3) is 5.91 Å². The first-order chi connectivity index (χ1) is 15.6. The normalized spacial score (nSPS) is 15.6. The summed E-state index contributed by atoms with van der Waals surface area (Å²) in [5.41, 5.74) is 1.92. The quantitative estimate of drug-likeness (QED) is 0.532. The molecular weight excluding hydrogens is 426 g/mol. The van der Waals surface area contributed by atoms with E-state index in [0.29, 0.717) is 35.9 Å². The first kappa shape index (κ1) is 21.9. The molecule has 2 aromatic carbocycles. The monoisotopic (exact) mass is 451 g/mol. The van der Waals surface area contributed by atoms with Crippen LogP contribution in [0, 0.1) is 0 Å². The third-order valence-corrected chi connectivity index (χ3v) is 5.81. The molecule has 0 saturated heterocycles. The number of para-hydroxylation sites is 2. The van der Waals surface area contributed by atoms with Crippen molar-refractivity contribution in [2.24, 2.45) is 0 Å². The van der Waals surface area contributed by atoms with Crippen LogP contribution in [-0.4, -0.2) is 57.1 Å². The molecule has 1 aliphatic rings. The number of nitrogens with one attached hydrogen (secondary N) is 1. The number of carbonyl (C=O) groups excluding carboxylic acids is 1. The van der Waals surface area contributed by atoms with Crippen molar-refractivity contribution in [2.75, 3.05) is 25.2 Å². The third-order valence-electron chi connectivity index (χ3n) is 5.25. The van der Waals surface area contributed by atoms with Gasteiger partial charge in [0, 0.05) is 26.6 Å². The number of rotatable bonds is 7. The van der Waals surface area contributed by atoms with Crippen LogP contribution in [0.1, 0.15) is 28.4 Å². The minimum Gasteiger partial charge on any atom is -0.489 e. The molecule has 9 heteroatoms. The molecule has 0 spiro atoms. The van der Waals surface area contributed by atoms with Crippen molar-refractivity contribution in [3.63, 3.8) is 0 Å². The predicted octanol–water partition coefficient (Wildman–Crippen LogP) is 2.21. The van der Waals surface area contributed by atoms with Gasteiger partial charge in [-0.1, -0.05) is 54.7 Å². The van der Waals surface area contributed by atoms with E-state index in [1.807, 2.05) is 66.5 Å². The Morgan fingerprint density at radius 2 is 1.97 bits per heavy atom. The Hall–Kier alpha value is -3.30. The highest BCUT2D eigenvalue weighted by Crippen LogP contribution is 2.30. The standard InChI is InChI=1S/C23H25N5O3S/c1-27-18-10-5-6-11-19(18)31-15-17(23(27)32)24-22(30)21-25-20(28(26-21)12-7-13-29)14-16-8-3-2-4-9-16/h2-6,8-11,17,29H,7,12-15H2,1H3,(H,24,30)/t17-/m0/s1. The minimum absolute atomic E-state index is 0.0345.